The van der Waals surface area contributed by atoms with Crippen LogP contribution in [-0.4, -0.2) is 48.0 Å². The molecule has 1 N–H and O–H groups in total. The minimum Gasteiger partial charge on any atom is -0.385 e. The number of halogens is 1. The third-order valence-electron chi connectivity index (χ3n) is 5.15. The highest BCUT2D eigenvalue weighted by molar-refractivity contribution is 5.83. The number of likely N-dealkylation sites (tertiary alicyclic amines) is 1. The molecule has 1 amide bonds. The first-order chi connectivity index (χ1) is 12.4. The van der Waals surface area contributed by atoms with Crippen LogP contribution in [0.5, 0.6) is 0 Å². The lowest BCUT2D eigenvalue weighted by Crippen LogP contribution is -2.48. The van der Waals surface area contributed by atoms with Gasteiger partial charge in [-0.05, 0) is 50.2 Å². The molecule has 0 spiro atoms. The molecule has 0 aromatic heterocycles. The lowest BCUT2D eigenvalue weighted by atomic mass is 9.84. The second-order valence-electron chi connectivity index (χ2n) is 7.14. The molecule has 4 nitrogen and oxygen atoms in total. The number of nitrogens with zero attached hydrogens (tertiary/aromatic N) is 2. The summed E-state index contributed by atoms with van der Waals surface area (Å²) in [7, 11) is 3.69. The van der Waals surface area contributed by atoms with E-state index < -0.39 is 11.6 Å². The molecule has 5 heteroatoms. The van der Waals surface area contributed by atoms with Gasteiger partial charge in [0.05, 0.1) is 5.60 Å². The number of rotatable bonds is 4. The molecule has 1 atom stereocenters. The zero-order chi connectivity index (χ0) is 18.7. The monoisotopic (exact) mass is 356 g/mol. The Balaban J connectivity index is 1.73. The van der Waals surface area contributed by atoms with Gasteiger partial charge in [0, 0.05) is 13.1 Å². The molecule has 1 saturated heterocycles. The number of amides is 1. The summed E-state index contributed by atoms with van der Waals surface area (Å²) in [6.45, 7) is 0.992. The summed E-state index contributed by atoms with van der Waals surface area (Å²) < 4.78 is 13.2. The van der Waals surface area contributed by atoms with E-state index in [-0.39, 0.29) is 11.7 Å². The van der Waals surface area contributed by atoms with E-state index in [1.165, 1.54) is 12.1 Å². The molecule has 1 aliphatic rings. The minimum atomic E-state index is -0.887. The minimum absolute atomic E-state index is 0.0169. The molecule has 2 aromatic rings. The van der Waals surface area contributed by atoms with Crippen molar-refractivity contribution >= 4 is 5.91 Å². The molecule has 0 radical (unpaired) electrons. The summed E-state index contributed by atoms with van der Waals surface area (Å²) in [6.07, 6.45) is 1.01. The molecule has 0 aliphatic carbocycles. The van der Waals surface area contributed by atoms with Crippen LogP contribution >= 0.6 is 0 Å². The first-order valence-electron chi connectivity index (χ1n) is 8.89. The normalized spacial score (nSPS) is 18.0. The van der Waals surface area contributed by atoms with E-state index in [4.69, 9.17) is 0 Å². The highest BCUT2D eigenvalue weighted by atomic mass is 19.1. The van der Waals surface area contributed by atoms with Gasteiger partial charge in [0.25, 0.3) is 0 Å². The summed E-state index contributed by atoms with van der Waals surface area (Å²) in [6, 6.07) is 15.2. The van der Waals surface area contributed by atoms with E-state index in [0.29, 0.717) is 25.9 Å². The first kappa shape index (κ1) is 18.5. The Morgan fingerprint density at radius 1 is 1.08 bits per heavy atom. The van der Waals surface area contributed by atoms with Gasteiger partial charge >= 0.3 is 0 Å². The van der Waals surface area contributed by atoms with Crippen molar-refractivity contribution in [3.05, 3.63) is 71.5 Å². The predicted octanol–water partition coefficient (Wildman–Crippen LogP) is 2.94. The number of carbonyl (C=O) groups is 1. The van der Waals surface area contributed by atoms with E-state index in [2.05, 4.69) is 0 Å². The molecule has 0 saturated carbocycles. The second kappa shape index (κ2) is 7.56. The fourth-order valence-corrected chi connectivity index (χ4v) is 3.61. The van der Waals surface area contributed by atoms with Crippen LogP contribution in [0.4, 0.5) is 4.39 Å². The summed E-state index contributed by atoms with van der Waals surface area (Å²) in [5.41, 5.74) is 0.779. The van der Waals surface area contributed by atoms with Crippen molar-refractivity contribution in [2.24, 2.45) is 0 Å². The number of aliphatic hydroxyl groups is 1. The maximum absolute atomic E-state index is 13.2. The van der Waals surface area contributed by atoms with Crippen LogP contribution < -0.4 is 0 Å². The van der Waals surface area contributed by atoms with Gasteiger partial charge in [-0.1, -0.05) is 42.5 Å². The van der Waals surface area contributed by atoms with Gasteiger partial charge in [-0.25, -0.2) is 4.39 Å². The summed E-state index contributed by atoms with van der Waals surface area (Å²) in [4.78, 5) is 16.7. The number of benzene rings is 2. The average Bonchev–Trinajstić information content (AvgIpc) is 2.64. The zero-order valence-corrected chi connectivity index (χ0v) is 15.2. The van der Waals surface area contributed by atoms with Gasteiger partial charge in [-0.15, -0.1) is 0 Å². The van der Waals surface area contributed by atoms with E-state index in [0.717, 1.165) is 11.1 Å². The van der Waals surface area contributed by atoms with Crippen LogP contribution in [0.2, 0.25) is 0 Å². The number of likely N-dealkylation sites (N-methyl/N-ethyl adjacent to an activating group) is 1. The largest absolute Gasteiger partial charge is 0.385 e. The molecule has 1 aliphatic heterocycles. The fraction of sp³-hybridized carbons (Fsp3) is 0.381. The molecule has 1 heterocycles. The number of piperidine rings is 1. The van der Waals surface area contributed by atoms with Gasteiger partial charge in [-0.3, -0.25) is 9.69 Å². The molecule has 0 bridgehead atoms. The van der Waals surface area contributed by atoms with Gasteiger partial charge < -0.3 is 10.0 Å². The first-order valence-corrected chi connectivity index (χ1v) is 8.89. The molecule has 0 unspecified atom stereocenters. The average molecular weight is 356 g/mol. The highest BCUT2D eigenvalue weighted by Crippen LogP contribution is 2.34. The van der Waals surface area contributed by atoms with Gasteiger partial charge in [0.2, 0.25) is 5.91 Å². The molecule has 1 fully saturated rings. The topological polar surface area (TPSA) is 43.8 Å². The quantitative estimate of drug-likeness (QED) is 0.916. The Kier molecular flexibility index (Phi) is 5.39. The molecule has 138 valence electrons. The molecule has 3 rings (SSSR count). The van der Waals surface area contributed by atoms with Crippen molar-refractivity contribution in [1.29, 1.82) is 0 Å². The summed E-state index contributed by atoms with van der Waals surface area (Å²) >= 11 is 0. The Morgan fingerprint density at radius 2 is 1.65 bits per heavy atom. The molecule has 26 heavy (non-hydrogen) atoms. The zero-order valence-electron chi connectivity index (χ0n) is 15.2. The van der Waals surface area contributed by atoms with Crippen molar-refractivity contribution in [2.75, 3.05) is 27.2 Å². The van der Waals surface area contributed by atoms with E-state index in [1.807, 2.05) is 49.3 Å². The molecular weight excluding hydrogens is 331 g/mol. The standard InChI is InChI=1S/C21H25FN2O2/c1-23(2)19(16-8-10-18(22)11-9-16)20(25)24-14-12-21(26,13-15-24)17-6-4-3-5-7-17/h3-11,19,26H,12-15H2,1-2H3/t19-/m1/s1. The number of hydrogen-bond donors (Lipinski definition) is 1. The smallest absolute Gasteiger partial charge is 0.244 e. The van der Waals surface area contributed by atoms with Crippen molar-refractivity contribution in [2.45, 2.75) is 24.5 Å². The third kappa shape index (κ3) is 3.79. The number of carbonyl (C=O) groups excluding carboxylic acids is 1. The van der Waals surface area contributed by atoms with Crippen molar-refractivity contribution in [3.63, 3.8) is 0 Å². The van der Waals surface area contributed by atoms with Crippen LogP contribution in [0.15, 0.2) is 54.6 Å². The van der Waals surface area contributed by atoms with Crippen molar-refractivity contribution in [1.82, 2.24) is 9.80 Å². The molecule has 2 aromatic carbocycles. The van der Waals surface area contributed by atoms with Crippen LogP contribution in [-0.2, 0) is 10.4 Å². The van der Waals surface area contributed by atoms with Crippen LogP contribution in [0.1, 0.15) is 30.0 Å². The lowest BCUT2D eigenvalue weighted by Gasteiger charge is -2.40. The van der Waals surface area contributed by atoms with Gasteiger partial charge in [0.1, 0.15) is 11.9 Å². The maximum atomic E-state index is 13.2. The number of hydrogen-bond acceptors (Lipinski definition) is 3. The molecular formula is C21H25FN2O2. The van der Waals surface area contributed by atoms with Crippen molar-refractivity contribution < 1.29 is 14.3 Å². The van der Waals surface area contributed by atoms with Crippen LogP contribution in [0, 0.1) is 5.82 Å². The van der Waals surface area contributed by atoms with Crippen molar-refractivity contribution in [3.8, 4) is 0 Å². The SMILES string of the molecule is CN(C)[C@@H](C(=O)N1CCC(O)(c2ccccc2)CC1)c1ccc(F)cc1. The van der Waals surface area contributed by atoms with E-state index in [1.54, 1.807) is 17.0 Å². The van der Waals surface area contributed by atoms with Crippen LogP contribution in [0.3, 0.4) is 0 Å². The fourth-order valence-electron chi connectivity index (χ4n) is 3.61. The second-order valence-corrected chi connectivity index (χ2v) is 7.14. The third-order valence-corrected chi connectivity index (χ3v) is 5.15. The predicted molar refractivity (Wildman–Crippen MR) is 99.0 cm³/mol. The van der Waals surface area contributed by atoms with Crippen LogP contribution in [0.25, 0.3) is 0 Å². The highest BCUT2D eigenvalue weighted by Gasteiger charge is 2.37. The van der Waals surface area contributed by atoms with Gasteiger partial charge in [0.15, 0.2) is 0 Å². The lowest BCUT2D eigenvalue weighted by molar-refractivity contribution is -0.141. The van der Waals surface area contributed by atoms with Gasteiger partial charge in [-0.2, -0.15) is 0 Å². The van der Waals surface area contributed by atoms with E-state index >= 15 is 0 Å². The maximum Gasteiger partial charge on any atom is 0.244 e. The Morgan fingerprint density at radius 3 is 2.19 bits per heavy atom. The Hall–Kier alpha value is -2.24. The summed E-state index contributed by atoms with van der Waals surface area (Å²) in [5, 5.41) is 10.9. The van der Waals surface area contributed by atoms with E-state index in [9.17, 15) is 14.3 Å². The Bertz CT molecular complexity index is 738. The summed E-state index contributed by atoms with van der Waals surface area (Å²) in [5.74, 6) is -0.332. The Labute approximate surface area is 153 Å².